The van der Waals surface area contributed by atoms with Crippen molar-refractivity contribution in [3.05, 3.63) is 11.6 Å². The highest BCUT2D eigenvalue weighted by atomic mass is 16.4. The van der Waals surface area contributed by atoms with Crippen molar-refractivity contribution in [2.75, 3.05) is 0 Å². The second kappa shape index (κ2) is 4.66. The molecule has 0 aliphatic heterocycles. The van der Waals surface area contributed by atoms with Gasteiger partial charge in [0.15, 0.2) is 5.78 Å². The van der Waals surface area contributed by atoms with Crippen molar-refractivity contribution < 1.29 is 14.7 Å². The van der Waals surface area contributed by atoms with E-state index < -0.39 is 5.97 Å². The standard InChI is InChI=1S/C8H12O3/c1-3-4-7(9)5-6(2)8(10)11/h5H,3-4H2,1-2H3,(H,10,11)/b6-5+. The molecule has 0 radical (unpaired) electrons. The molecule has 0 aromatic rings. The van der Waals surface area contributed by atoms with Crippen LogP contribution in [0.2, 0.25) is 0 Å². The molecular weight excluding hydrogens is 144 g/mol. The number of rotatable bonds is 4. The van der Waals surface area contributed by atoms with E-state index in [2.05, 4.69) is 0 Å². The minimum atomic E-state index is -1.03. The summed E-state index contributed by atoms with van der Waals surface area (Å²) in [4.78, 5) is 21.0. The molecule has 3 nitrogen and oxygen atoms in total. The Kier molecular flexibility index (Phi) is 4.18. The van der Waals surface area contributed by atoms with Gasteiger partial charge in [0.05, 0.1) is 0 Å². The number of carbonyl (C=O) groups is 2. The highest BCUT2D eigenvalue weighted by molar-refractivity contribution is 5.98. The van der Waals surface area contributed by atoms with Gasteiger partial charge in [0.2, 0.25) is 0 Å². The van der Waals surface area contributed by atoms with Gasteiger partial charge in [-0.05, 0) is 19.4 Å². The normalized spacial score (nSPS) is 11.3. The molecule has 3 heteroatoms. The topological polar surface area (TPSA) is 54.4 Å². The maximum Gasteiger partial charge on any atom is 0.331 e. The fraction of sp³-hybridized carbons (Fsp3) is 0.500. The maximum atomic E-state index is 10.8. The SMILES string of the molecule is CCCC(=O)/C=C(\C)C(=O)O. The Morgan fingerprint density at radius 3 is 2.36 bits per heavy atom. The van der Waals surface area contributed by atoms with Crippen LogP contribution in [0.3, 0.4) is 0 Å². The Morgan fingerprint density at radius 1 is 1.45 bits per heavy atom. The molecule has 0 bridgehead atoms. The molecular formula is C8H12O3. The van der Waals surface area contributed by atoms with Crippen LogP contribution < -0.4 is 0 Å². The lowest BCUT2D eigenvalue weighted by molar-refractivity contribution is -0.132. The molecule has 0 fully saturated rings. The van der Waals surface area contributed by atoms with Gasteiger partial charge < -0.3 is 5.11 Å². The van der Waals surface area contributed by atoms with E-state index in [4.69, 9.17) is 5.11 Å². The summed E-state index contributed by atoms with van der Waals surface area (Å²) in [5.41, 5.74) is 0.100. The molecule has 62 valence electrons. The van der Waals surface area contributed by atoms with Crippen molar-refractivity contribution >= 4 is 11.8 Å². The fourth-order valence-electron chi connectivity index (χ4n) is 0.622. The summed E-state index contributed by atoms with van der Waals surface area (Å²) in [5.74, 6) is -1.15. The molecule has 0 atom stereocenters. The third-order valence-corrected chi connectivity index (χ3v) is 1.21. The predicted octanol–water partition coefficient (Wildman–Crippen LogP) is 1.39. The largest absolute Gasteiger partial charge is 0.478 e. The lowest BCUT2D eigenvalue weighted by Crippen LogP contribution is -2.00. The Labute approximate surface area is 65.7 Å². The first-order chi connectivity index (χ1) is 5.07. The van der Waals surface area contributed by atoms with Crippen LogP contribution in [0.4, 0.5) is 0 Å². The van der Waals surface area contributed by atoms with E-state index in [1.165, 1.54) is 13.0 Å². The molecule has 0 aliphatic carbocycles. The van der Waals surface area contributed by atoms with E-state index >= 15 is 0 Å². The van der Waals surface area contributed by atoms with E-state index in [0.29, 0.717) is 6.42 Å². The molecule has 0 aromatic heterocycles. The van der Waals surface area contributed by atoms with Gasteiger partial charge in [-0.15, -0.1) is 0 Å². The van der Waals surface area contributed by atoms with Crippen LogP contribution in [0.25, 0.3) is 0 Å². The van der Waals surface area contributed by atoms with Crippen LogP contribution in [-0.4, -0.2) is 16.9 Å². The minimum Gasteiger partial charge on any atom is -0.478 e. The highest BCUT2D eigenvalue weighted by Crippen LogP contribution is 1.96. The number of hydrogen-bond acceptors (Lipinski definition) is 2. The zero-order valence-electron chi connectivity index (χ0n) is 6.76. The minimum absolute atomic E-state index is 0.100. The van der Waals surface area contributed by atoms with Gasteiger partial charge in [-0.2, -0.15) is 0 Å². The number of carboxylic acid groups (broad SMARTS) is 1. The summed E-state index contributed by atoms with van der Waals surface area (Å²) in [6.07, 6.45) is 2.35. The number of hydrogen-bond donors (Lipinski definition) is 1. The number of carbonyl (C=O) groups excluding carboxylic acids is 1. The molecule has 0 rings (SSSR count). The zero-order chi connectivity index (χ0) is 8.85. The van der Waals surface area contributed by atoms with Crippen molar-refractivity contribution in [3.63, 3.8) is 0 Å². The summed E-state index contributed by atoms with van der Waals surface area (Å²) >= 11 is 0. The molecule has 0 saturated heterocycles. The van der Waals surface area contributed by atoms with Crippen LogP contribution in [0.15, 0.2) is 11.6 Å². The second-order valence-electron chi connectivity index (χ2n) is 2.35. The lowest BCUT2D eigenvalue weighted by Gasteiger charge is -1.91. The predicted molar refractivity (Wildman–Crippen MR) is 41.3 cm³/mol. The number of carboxylic acids is 1. The van der Waals surface area contributed by atoms with Crippen molar-refractivity contribution in [1.29, 1.82) is 0 Å². The third kappa shape index (κ3) is 4.31. The summed E-state index contributed by atoms with van der Waals surface area (Å²) in [5, 5.41) is 8.38. The average Bonchev–Trinajstić information content (AvgIpc) is 1.87. The monoisotopic (exact) mass is 156 g/mol. The zero-order valence-corrected chi connectivity index (χ0v) is 6.76. The summed E-state index contributed by atoms with van der Waals surface area (Å²) in [6, 6.07) is 0. The number of allylic oxidation sites excluding steroid dienone is 1. The van der Waals surface area contributed by atoms with Gasteiger partial charge in [0, 0.05) is 12.0 Å². The van der Waals surface area contributed by atoms with E-state index in [9.17, 15) is 9.59 Å². The first-order valence-corrected chi connectivity index (χ1v) is 3.52. The fourth-order valence-corrected chi connectivity index (χ4v) is 0.622. The molecule has 0 amide bonds. The molecule has 0 heterocycles. The molecule has 0 spiro atoms. The van der Waals surface area contributed by atoms with Crippen LogP contribution in [-0.2, 0) is 9.59 Å². The molecule has 0 aliphatic rings. The first-order valence-electron chi connectivity index (χ1n) is 3.52. The Bertz CT molecular complexity index is 192. The molecule has 0 unspecified atom stereocenters. The van der Waals surface area contributed by atoms with Crippen molar-refractivity contribution in [2.45, 2.75) is 26.7 Å². The van der Waals surface area contributed by atoms with E-state index in [0.717, 1.165) is 6.42 Å². The van der Waals surface area contributed by atoms with Crippen LogP contribution in [0.5, 0.6) is 0 Å². The van der Waals surface area contributed by atoms with Gasteiger partial charge in [-0.25, -0.2) is 4.79 Å². The summed E-state index contributed by atoms with van der Waals surface area (Å²) in [7, 11) is 0. The first kappa shape index (κ1) is 9.88. The lowest BCUT2D eigenvalue weighted by atomic mass is 10.2. The van der Waals surface area contributed by atoms with Crippen LogP contribution in [0.1, 0.15) is 26.7 Å². The van der Waals surface area contributed by atoms with E-state index in [1.807, 2.05) is 6.92 Å². The third-order valence-electron chi connectivity index (χ3n) is 1.21. The van der Waals surface area contributed by atoms with Gasteiger partial charge in [0.1, 0.15) is 0 Å². The average molecular weight is 156 g/mol. The quantitative estimate of drug-likeness (QED) is 0.626. The Hall–Kier alpha value is -1.12. The Morgan fingerprint density at radius 2 is 2.00 bits per heavy atom. The Balaban J connectivity index is 4.08. The van der Waals surface area contributed by atoms with Crippen LogP contribution in [0, 0.1) is 0 Å². The van der Waals surface area contributed by atoms with Crippen LogP contribution >= 0.6 is 0 Å². The smallest absolute Gasteiger partial charge is 0.331 e. The second-order valence-corrected chi connectivity index (χ2v) is 2.35. The van der Waals surface area contributed by atoms with Crippen molar-refractivity contribution in [3.8, 4) is 0 Å². The summed E-state index contributed by atoms with van der Waals surface area (Å²) in [6.45, 7) is 3.29. The van der Waals surface area contributed by atoms with Gasteiger partial charge in [-0.1, -0.05) is 6.92 Å². The maximum absolute atomic E-state index is 10.8. The summed E-state index contributed by atoms with van der Waals surface area (Å²) < 4.78 is 0. The van der Waals surface area contributed by atoms with E-state index in [1.54, 1.807) is 0 Å². The molecule has 11 heavy (non-hydrogen) atoms. The number of ketones is 1. The highest BCUT2D eigenvalue weighted by Gasteiger charge is 2.02. The van der Waals surface area contributed by atoms with Crippen molar-refractivity contribution in [2.24, 2.45) is 0 Å². The van der Waals surface area contributed by atoms with E-state index in [-0.39, 0.29) is 11.4 Å². The van der Waals surface area contributed by atoms with Gasteiger partial charge in [0.25, 0.3) is 0 Å². The number of aliphatic carboxylic acids is 1. The van der Waals surface area contributed by atoms with Gasteiger partial charge >= 0.3 is 5.97 Å². The molecule has 0 saturated carbocycles. The molecule has 1 N–H and O–H groups in total. The molecule has 0 aromatic carbocycles. The van der Waals surface area contributed by atoms with Crippen molar-refractivity contribution in [1.82, 2.24) is 0 Å². The van der Waals surface area contributed by atoms with Gasteiger partial charge in [-0.3, -0.25) is 4.79 Å².